The van der Waals surface area contributed by atoms with Crippen LogP contribution >= 0.6 is 0 Å². The molecule has 2 heterocycles. The summed E-state index contributed by atoms with van der Waals surface area (Å²) in [7, 11) is 1.76. The molecular formula is C25H33N3O. The minimum absolute atomic E-state index is 0.975. The molecule has 4 nitrogen and oxygen atoms in total. The monoisotopic (exact) mass is 391 g/mol. The highest BCUT2D eigenvalue weighted by atomic mass is 16.5. The summed E-state index contributed by atoms with van der Waals surface area (Å²) in [6.07, 6.45) is 4.60. The van der Waals surface area contributed by atoms with Crippen molar-refractivity contribution in [2.24, 2.45) is 0 Å². The van der Waals surface area contributed by atoms with Crippen molar-refractivity contribution < 1.29 is 4.74 Å². The number of ether oxygens (including phenoxy) is 1. The van der Waals surface area contributed by atoms with Gasteiger partial charge in [-0.25, -0.2) is 0 Å². The summed E-state index contributed by atoms with van der Waals surface area (Å²) < 4.78 is 7.98. The van der Waals surface area contributed by atoms with E-state index < -0.39 is 0 Å². The fourth-order valence-electron chi connectivity index (χ4n) is 4.48. The van der Waals surface area contributed by atoms with Crippen LogP contribution in [0.25, 0.3) is 10.9 Å². The summed E-state index contributed by atoms with van der Waals surface area (Å²) in [6.45, 7) is 10.3. The Labute approximate surface area is 174 Å². The summed E-state index contributed by atoms with van der Waals surface area (Å²) in [5.41, 5.74) is 4.00. The number of aromatic nitrogens is 1. The number of hydrogen-bond acceptors (Lipinski definition) is 3. The van der Waals surface area contributed by atoms with Crippen molar-refractivity contribution in [1.82, 2.24) is 14.4 Å². The summed E-state index contributed by atoms with van der Waals surface area (Å²) in [4.78, 5) is 5.23. The molecule has 1 aliphatic rings. The molecule has 1 aromatic heterocycles. The fraction of sp³-hybridized carbons (Fsp3) is 0.440. The van der Waals surface area contributed by atoms with Gasteiger partial charge in [-0.3, -0.25) is 0 Å². The van der Waals surface area contributed by atoms with Crippen molar-refractivity contribution in [1.29, 1.82) is 0 Å². The molecule has 0 spiro atoms. The van der Waals surface area contributed by atoms with Gasteiger partial charge in [0.2, 0.25) is 0 Å². The maximum Gasteiger partial charge on any atom is 0.143 e. The second-order valence-corrected chi connectivity index (χ2v) is 8.13. The first kappa shape index (κ1) is 20.0. The van der Waals surface area contributed by atoms with E-state index >= 15 is 0 Å². The highest BCUT2D eigenvalue weighted by Crippen LogP contribution is 2.29. The van der Waals surface area contributed by atoms with E-state index in [0.717, 1.165) is 18.7 Å². The minimum Gasteiger partial charge on any atom is -0.495 e. The van der Waals surface area contributed by atoms with E-state index in [4.69, 9.17) is 4.74 Å². The molecule has 2 aromatic carbocycles. The Morgan fingerprint density at radius 2 is 1.55 bits per heavy atom. The van der Waals surface area contributed by atoms with Crippen LogP contribution in [0.4, 0.5) is 0 Å². The van der Waals surface area contributed by atoms with Gasteiger partial charge in [0.25, 0.3) is 0 Å². The van der Waals surface area contributed by atoms with Crippen LogP contribution in [0.15, 0.2) is 54.7 Å². The molecule has 3 aromatic rings. The second kappa shape index (κ2) is 9.47. The van der Waals surface area contributed by atoms with Crippen LogP contribution in [0.3, 0.4) is 0 Å². The molecule has 1 saturated heterocycles. The van der Waals surface area contributed by atoms with Gasteiger partial charge in [-0.1, -0.05) is 42.5 Å². The van der Waals surface area contributed by atoms with Gasteiger partial charge < -0.3 is 19.1 Å². The second-order valence-electron chi connectivity index (χ2n) is 8.13. The average Bonchev–Trinajstić information content (AvgIpc) is 3.10. The van der Waals surface area contributed by atoms with E-state index in [2.05, 4.69) is 76.0 Å². The number of aryl methyl sites for hydroxylation is 2. The van der Waals surface area contributed by atoms with Crippen molar-refractivity contribution in [2.75, 3.05) is 46.4 Å². The Morgan fingerprint density at radius 3 is 2.28 bits per heavy atom. The van der Waals surface area contributed by atoms with Crippen LogP contribution in [-0.2, 0) is 13.0 Å². The summed E-state index contributed by atoms with van der Waals surface area (Å²) >= 11 is 0. The molecule has 4 rings (SSSR count). The molecule has 4 heteroatoms. The van der Waals surface area contributed by atoms with E-state index in [1.54, 1.807) is 7.11 Å². The van der Waals surface area contributed by atoms with E-state index in [0.29, 0.717) is 0 Å². The summed E-state index contributed by atoms with van der Waals surface area (Å²) in [5, 5.41) is 1.30. The molecule has 0 N–H and O–H groups in total. The third-order valence-corrected chi connectivity index (χ3v) is 6.18. The number of fused-ring (bicyclic) bond motifs is 1. The van der Waals surface area contributed by atoms with Crippen LogP contribution in [-0.4, -0.2) is 60.7 Å². The summed E-state index contributed by atoms with van der Waals surface area (Å²) in [5.74, 6) is 0.975. The van der Waals surface area contributed by atoms with Crippen molar-refractivity contribution in [3.63, 3.8) is 0 Å². The van der Waals surface area contributed by atoms with Crippen molar-refractivity contribution >= 4 is 10.9 Å². The van der Waals surface area contributed by atoms with Gasteiger partial charge in [-0.2, -0.15) is 0 Å². The normalized spacial score (nSPS) is 15.8. The smallest absolute Gasteiger partial charge is 0.143 e. The molecule has 1 fully saturated rings. The molecule has 0 aliphatic carbocycles. The number of rotatable bonds is 8. The maximum atomic E-state index is 5.61. The van der Waals surface area contributed by atoms with Crippen LogP contribution in [0, 0.1) is 6.92 Å². The Kier molecular flexibility index (Phi) is 6.53. The zero-order valence-corrected chi connectivity index (χ0v) is 17.8. The van der Waals surface area contributed by atoms with Crippen molar-refractivity contribution in [3.8, 4) is 5.75 Å². The number of piperazine rings is 1. The minimum atomic E-state index is 0.975. The largest absolute Gasteiger partial charge is 0.495 e. The fourth-order valence-corrected chi connectivity index (χ4v) is 4.48. The number of benzene rings is 2. The van der Waals surface area contributed by atoms with E-state index in [1.807, 2.05) is 0 Å². The SMILES string of the molecule is COc1cccc2c(C)cn(CCCN3CCN(CCc4ccccc4)CC3)c12. The van der Waals surface area contributed by atoms with E-state index in [9.17, 15) is 0 Å². The highest BCUT2D eigenvalue weighted by Gasteiger charge is 2.16. The number of para-hydroxylation sites is 1. The van der Waals surface area contributed by atoms with Gasteiger partial charge >= 0.3 is 0 Å². The average molecular weight is 392 g/mol. The third kappa shape index (κ3) is 4.82. The van der Waals surface area contributed by atoms with Crippen molar-refractivity contribution in [3.05, 3.63) is 65.9 Å². The van der Waals surface area contributed by atoms with E-state index in [1.165, 1.54) is 67.7 Å². The van der Waals surface area contributed by atoms with Gasteiger partial charge in [0.1, 0.15) is 5.75 Å². The van der Waals surface area contributed by atoms with Gasteiger partial charge in [-0.05, 0) is 43.5 Å². The molecule has 0 saturated carbocycles. The number of nitrogens with zero attached hydrogens (tertiary/aromatic N) is 3. The Hall–Kier alpha value is -2.30. The van der Waals surface area contributed by atoms with Crippen LogP contribution in [0.5, 0.6) is 5.75 Å². The Balaban J connectivity index is 1.24. The quantitative estimate of drug-likeness (QED) is 0.574. The topological polar surface area (TPSA) is 20.6 Å². The first-order chi connectivity index (χ1) is 14.2. The maximum absolute atomic E-state index is 5.61. The Bertz CT molecular complexity index is 910. The highest BCUT2D eigenvalue weighted by molar-refractivity contribution is 5.88. The van der Waals surface area contributed by atoms with Crippen molar-refractivity contribution in [2.45, 2.75) is 26.3 Å². The first-order valence-corrected chi connectivity index (χ1v) is 10.9. The van der Waals surface area contributed by atoms with E-state index in [-0.39, 0.29) is 0 Å². The third-order valence-electron chi connectivity index (χ3n) is 6.18. The lowest BCUT2D eigenvalue weighted by molar-refractivity contribution is 0.131. The van der Waals surface area contributed by atoms with Gasteiger partial charge in [-0.15, -0.1) is 0 Å². The molecule has 0 unspecified atom stereocenters. The lowest BCUT2D eigenvalue weighted by Gasteiger charge is -2.34. The van der Waals surface area contributed by atoms with Gasteiger partial charge in [0.15, 0.2) is 0 Å². The molecule has 0 radical (unpaired) electrons. The number of methoxy groups -OCH3 is 1. The summed E-state index contributed by atoms with van der Waals surface area (Å²) in [6, 6.07) is 17.2. The zero-order chi connectivity index (χ0) is 20.1. The zero-order valence-electron chi connectivity index (χ0n) is 17.8. The molecular weight excluding hydrogens is 358 g/mol. The molecule has 29 heavy (non-hydrogen) atoms. The molecule has 0 bridgehead atoms. The van der Waals surface area contributed by atoms with Crippen LogP contribution < -0.4 is 4.74 Å². The van der Waals surface area contributed by atoms with Gasteiger partial charge in [0, 0.05) is 50.9 Å². The first-order valence-electron chi connectivity index (χ1n) is 10.9. The predicted octanol–water partition coefficient (Wildman–Crippen LogP) is 4.21. The standard InChI is InChI=1S/C25H33N3O/c1-21-20-28(25-23(21)10-6-11-24(25)29-2)14-7-13-26-16-18-27(19-17-26)15-12-22-8-4-3-5-9-22/h3-6,8-11,20H,7,12-19H2,1-2H3. The number of hydrogen-bond donors (Lipinski definition) is 0. The van der Waals surface area contributed by atoms with Crippen LogP contribution in [0.2, 0.25) is 0 Å². The van der Waals surface area contributed by atoms with Crippen LogP contribution in [0.1, 0.15) is 17.5 Å². The molecule has 0 amide bonds. The molecule has 1 aliphatic heterocycles. The molecule has 0 atom stereocenters. The predicted molar refractivity (Wildman–Crippen MR) is 121 cm³/mol. The van der Waals surface area contributed by atoms with Gasteiger partial charge in [0.05, 0.1) is 12.6 Å². The lowest BCUT2D eigenvalue weighted by atomic mass is 10.1. The lowest BCUT2D eigenvalue weighted by Crippen LogP contribution is -2.47. The molecule has 154 valence electrons. The Morgan fingerprint density at radius 1 is 0.828 bits per heavy atom.